The Kier molecular flexibility index (Phi) is 7.16. The van der Waals surface area contributed by atoms with Gasteiger partial charge in [0.1, 0.15) is 29.7 Å². The Morgan fingerprint density at radius 3 is 2.56 bits per heavy atom. The summed E-state index contributed by atoms with van der Waals surface area (Å²) in [4.78, 5) is 18.6. The van der Waals surface area contributed by atoms with E-state index in [2.05, 4.69) is 10.3 Å². The molecule has 0 saturated carbocycles. The number of halogens is 1. The van der Waals surface area contributed by atoms with E-state index in [9.17, 15) is 9.18 Å². The number of carbonyl (C=O) groups is 1. The zero-order chi connectivity index (χ0) is 18.1. The van der Waals surface area contributed by atoms with E-state index < -0.39 is 0 Å². The van der Waals surface area contributed by atoms with Gasteiger partial charge in [-0.15, -0.1) is 0 Å². The van der Waals surface area contributed by atoms with E-state index in [4.69, 9.17) is 9.47 Å². The summed E-state index contributed by atoms with van der Waals surface area (Å²) in [5.74, 6) is 0.660. The standard InChI is InChI=1S/C18H22FN3O3/c1-20-17-5-3-4-16(21-17)18(23)22(10-12-24-2)11-13-25-15-8-6-14(19)7-9-15/h3-9H,10-13H2,1-2H3,(H,20,21). The van der Waals surface area contributed by atoms with Crippen LogP contribution in [0.5, 0.6) is 5.75 Å². The van der Waals surface area contributed by atoms with Crippen LogP contribution in [-0.4, -0.2) is 56.3 Å². The zero-order valence-electron chi connectivity index (χ0n) is 14.4. The van der Waals surface area contributed by atoms with Crippen molar-refractivity contribution in [1.29, 1.82) is 0 Å². The second-order valence-corrected chi connectivity index (χ2v) is 5.25. The van der Waals surface area contributed by atoms with E-state index in [1.807, 2.05) is 0 Å². The minimum atomic E-state index is -0.320. The van der Waals surface area contributed by atoms with Crippen molar-refractivity contribution in [2.75, 3.05) is 45.8 Å². The third kappa shape index (κ3) is 5.72. The fraction of sp³-hybridized carbons (Fsp3) is 0.333. The Hall–Kier alpha value is -2.67. The van der Waals surface area contributed by atoms with Crippen LogP contribution in [0.1, 0.15) is 10.5 Å². The molecular formula is C18H22FN3O3. The van der Waals surface area contributed by atoms with Crippen molar-refractivity contribution < 1.29 is 18.7 Å². The molecule has 0 spiro atoms. The fourth-order valence-corrected chi connectivity index (χ4v) is 2.18. The molecule has 2 rings (SSSR count). The molecule has 1 aromatic carbocycles. The van der Waals surface area contributed by atoms with Gasteiger partial charge in [-0.2, -0.15) is 0 Å². The number of amides is 1. The molecule has 134 valence electrons. The van der Waals surface area contributed by atoms with Crippen LogP contribution in [0.2, 0.25) is 0 Å². The predicted molar refractivity (Wildman–Crippen MR) is 93.5 cm³/mol. The van der Waals surface area contributed by atoms with Gasteiger partial charge in [-0.25, -0.2) is 9.37 Å². The second-order valence-electron chi connectivity index (χ2n) is 5.25. The first-order chi connectivity index (χ1) is 12.1. The van der Waals surface area contributed by atoms with Crippen LogP contribution >= 0.6 is 0 Å². The van der Waals surface area contributed by atoms with Crippen LogP contribution in [0.3, 0.4) is 0 Å². The molecule has 2 aromatic rings. The predicted octanol–water partition coefficient (Wildman–Crippen LogP) is 2.43. The molecule has 7 heteroatoms. The van der Waals surface area contributed by atoms with Crippen molar-refractivity contribution in [3.05, 3.63) is 54.0 Å². The fourth-order valence-electron chi connectivity index (χ4n) is 2.18. The average Bonchev–Trinajstić information content (AvgIpc) is 2.65. The number of aromatic nitrogens is 1. The minimum Gasteiger partial charge on any atom is -0.492 e. The molecular weight excluding hydrogens is 325 g/mol. The molecule has 0 radical (unpaired) electrons. The van der Waals surface area contributed by atoms with Gasteiger partial charge >= 0.3 is 0 Å². The van der Waals surface area contributed by atoms with E-state index in [0.717, 1.165) is 0 Å². The molecule has 0 aliphatic carbocycles. The number of hydrogen-bond donors (Lipinski definition) is 1. The van der Waals surface area contributed by atoms with Crippen molar-refractivity contribution >= 4 is 11.7 Å². The number of nitrogens with one attached hydrogen (secondary N) is 1. The van der Waals surface area contributed by atoms with Crippen molar-refractivity contribution in [2.45, 2.75) is 0 Å². The number of benzene rings is 1. The maximum absolute atomic E-state index is 12.9. The van der Waals surface area contributed by atoms with Gasteiger partial charge in [0.15, 0.2) is 0 Å². The molecule has 6 nitrogen and oxygen atoms in total. The highest BCUT2D eigenvalue weighted by Crippen LogP contribution is 2.12. The monoisotopic (exact) mass is 347 g/mol. The van der Waals surface area contributed by atoms with Crippen LogP contribution in [0.4, 0.5) is 10.2 Å². The molecule has 1 heterocycles. The quantitative estimate of drug-likeness (QED) is 0.755. The lowest BCUT2D eigenvalue weighted by Crippen LogP contribution is -2.37. The molecule has 0 fully saturated rings. The first kappa shape index (κ1) is 18.7. The van der Waals surface area contributed by atoms with Crippen LogP contribution in [-0.2, 0) is 4.74 Å². The van der Waals surface area contributed by atoms with Crippen LogP contribution in [0, 0.1) is 5.82 Å². The zero-order valence-corrected chi connectivity index (χ0v) is 14.4. The third-order valence-electron chi connectivity index (χ3n) is 3.52. The van der Waals surface area contributed by atoms with Gasteiger partial charge in [-0.05, 0) is 36.4 Å². The van der Waals surface area contributed by atoms with Crippen LogP contribution in [0.15, 0.2) is 42.5 Å². The lowest BCUT2D eigenvalue weighted by Gasteiger charge is -2.22. The average molecular weight is 347 g/mol. The third-order valence-corrected chi connectivity index (χ3v) is 3.52. The number of ether oxygens (including phenoxy) is 2. The lowest BCUT2D eigenvalue weighted by molar-refractivity contribution is 0.0660. The second kappa shape index (κ2) is 9.58. The number of carbonyl (C=O) groups excluding carboxylic acids is 1. The Morgan fingerprint density at radius 1 is 1.16 bits per heavy atom. The molecule has 0 bridgehead atoms. The lowest BCUT2D eigenvalue weighted by atomic mass is 10.3. The molecule has 0 atom stereocenters. The van der Waals surface area contributed by atoms with Gasteiger partial charge in [-0.3, -0.25) is 4.79 Å². The van der Waals surface area contributed by atoms with E-state index in [1.54, 1.807) is 49.4 Å². The Morgan fingerprint density at radius 2 is 1.88 bits per heavy atom. The number of rotatable bonds is 9. The van der Waals surface area contributed by atoms with Crippen molar-refractivity contribution in [3.8, 4) is 5.75 Å². The minimum absolute atomic E-state index is 0.197. The van der Waals surface area contributed by atoms with Crippen molar-refractivity contribution in [1.82, 2.24) is 9.88 Å². The molecule has 1 N–H and O–H groups in total. The van der Waals surface area contributed by atoms with E-state index in [-0.39, 0.29) is 18.3 Å². The topological polar surface area (TPSA) is 63.7 Å². The Balaban J connectivity index is 1.99. The maximum Gasteiger partial charge on any atom is 0.272 e. The highest BCUT2D eigenvalue weighted by Gasteiger charge is 2.17. The largest absolute Gasteiger partial charge is 0.492 e. The molecule has 0 aliphatic heterocycles. The number of pyridine rings is 1. The first-order valence-corrected chi connectivity index (χ1v) is 7.95. The summed E-state index contributed by atoms with van der Waals surface area (Å²) < 4.78 is 23.5. The SMILES string of the molecule is CNc1cccc(C(=O)N(CCOC)CCOc2ccc(F)cc2)n1. The highest BCUT2D eigenvalue weighted by atomic mass is 19.1. The van der Waals surface area contributed by atoms with Crippen molar-refractivity contribution in [2.24, 2.45) is 0 Å². The Bertz CT molecular complexity index is 680. The smallest absolute Gasteiger partial charge is 0.272 e. The van der Waals surface area contributed by atoms with Crippen LogP contribution < -0.4 is 10.1 Å². The number of methoxy groups -OCH3 is 1. The summed E-state index contributed by atoms with van der Waals surface area (Å²) in [5.41, 5.74) is 0.352. The van der Waals surface area contributed by atoms with Gasteiger partial charge in [0.05, 0.1) is 13.2 Å². The van der Waals surface area contributed by atoms with E-state index >= 15 is 0 Å². The molecule has 25 heavy (non-hydrogen) atoms. The van der Waals surface area contributed by atoms with E-state index in [0.29, 0.717) is 37.0 Å². The number of anilines is 1. The number of hydrogen-bond acceptors (Lipinski definition) is 5. The van der Waals surface area contributed by atoms with E-state index in [1.165, 1.54) is 12.1 Å². The molecule has 0 unspecified atom stereocenters. The summed E-state index contributed by atoms with van der Waals surface area (Å²) >= 11 is 0. The normalized spacial score (nSPS) is 10.4. The van der Waals surface area contributed by atoms with Gasteiger partial charge in [0, 0.05) is 20.7 Å². The van der Waals surface area contributed by atoms with Gasteiger partial charge < -0.3 is 19.7 Å². The molecule has 0 saturated heterocycles. The summed E-state index contributed by atoms with van der Waals surface area (Å²) in [6.45, 7) is 1.49. The Labute approximate surface area is 146 Å². The summed E-state index contributed by atoms with van der Waals surface area (Å²) in [5, 5.41) is 2.91. The molecule has 1 amide bonds. The first-order valence-electron chi connectivity index (χ1n) is 7.95. The van der Waals surface area contributed by atoms with Crippen molar-refractivity contribution in [3.63, 3.8) is 0 Å². The number of nitrogens with zero attached hydrogens (tertiary/aromatic N) is 2. The highest BCUT2D eigenvalue weighted by molar-refractivity contribution is 5.92. The summed E-state index contributed by atoms with van der Waals surface area (Å²) in [6.07, 6.45) is 0. The van der Waals surface area contributed by atoms with Gasteiger partial charge in [-0.1, -0.05) is 6.07 Å². The van der Waals surface area contributed by atoms with Crippen LogP contribution in [0.25, 0.3) is 0 Å². The maximum atomic E-state index is 12.9. The molecule has 0 aliphatic rings. The summed E-state index contributed by atoms with van der Waals surface area (Å²) in [6, 6.07) is 11.0. The van der Waals surface area contributed by atoms with Gasteiger partial charge in [0.2, 0.25) is 0 Å². The summed E-state index contributed by atoms with van der Waals surface area (Å²) in [7, 11) is 3.33. The molecule has 1 aromatic heterocycles. The van der Waals surface area contributed by atoms with Gasteiger partial charge in [0.25, 0.3) is 5.91 Å².